The van der Waals surface area contributed by atoms with Crippen molar-refractivity contribution >= 4 is 36.4 Å². The smallest absolute Gasteiger partial charge is 0.192 e. The number of carbonyl (C=O) groups is 1. The molecule has 4 aromatic carbocycles. The van der Waals surface area contributed by atoms with Gasteiger partial charge >= 0.3 is 0 Å². The van der Waals surface area contributed by atoms with Crippen molar-refractivity contribution in [3.8, 4) is 0 Å². The van der Waals surface area contributed by atoms with Crippen LogP contribution in [0, 0.1) is 21.7 Å². The van der Waals surface area contributed by atoms with Crippen LogP contribution in [0.2, 0.25) is 36.3 Å². The maximum atomic E-state index is 13.4. The van der Waals surface area contributed by atoms with E-state index in [0.29, 0.717) is 39.4 Å². The summed E-state index contributed by atoms with van der Waals surface area (Å²) in [5.74, 6) is -1.24. The molecule has 0 amide bonds. The van der Waals surface area contributed by atoms with Crippen LogP contribution < -0.4 is 0 Å². The number of nitrogens with zero attached hydrogens (tertiary/aromatic N) is 2. The molecule has 10 nitrogen and oxygen atoms in total. The molecule has 5 heterocycles. The largest absolute Gasteiger partial charge is 0.413 e. The van der Waals surface area contributed by atoms with E-state index in [1.807, 2.05) is 0 Å². The maximum Gasteiger partial charge on any atom is 0.192 e. The van der Waals surface area contributed by atoms with Crippen LogP contribution in [0.3, 0.4) is 0 Å². The van der Waals surface area contributed by atoms with E-state index in [1.54, 1.807) is 0 Å². The first-order chi connectivity index (χ1) is 36.4. The summed E-state index contributed by atoms with van der Waals surface area (Å²) in [4.78, 5) is 18.6. The molecule has 0 aromatic heterocycles. The van der Waals surface area contributed by atoms with Crippen molar-refractivity contribution in [2.24, 2.45) is 21.7 Å². The zero-order chi connectivity index (χ0) is 52.3. The molecule has 7 fully saturated rings. The van der Waals surface area contributed by atoms with Crippen molar-refractivity contribution in [1.29, 1.82) is 0 Å². The van der Waals surface area contributed by atoms with Crippen LogP contribution in [0.25, 0.3) is 0 Å². The zero-order valence-corrected chi connectivity index (χ0v) is 49.8. The lowest BCUT2D eigenvalue weighted by atomic mass is 9.52. The molecule has 76 heavy (non-hydrogen) atoms. The maximum absolute atomic E-state index is 13.4. The molecular weight excluding hydrogens is 1000 g/mol. The van der Waals surface area contributed by atoms with Gasteiger partial charge in [-0.2, -0.15) is 13.5 Å². The molecular formula is C63H92N2O8SSi2. The summed E-state index contributed by atoms with van der Waals surface area (Å²) in [5.41, 5.74) is 4.05. The third-order valence-corrected chi connectivity index (χ3v) is 28.6. The normalized spacial score (nSPS) is 30.6. The van der Waals surface area contributed by atoms with Crippen molar-refractivity contribution < 1.29 is 38.8 Å². The lowest BCUT2D eigenvalue weighted by Gasteiger charge is -2.65. The molecule has 2 saturated carbocycles. The van der Waals surface area contributed by atoms with Crippen LogP contribution in [-0.4, -0.2) is 122 Å². The lowest BCUT2D eigenvalue weighted by Crippen LogP contribution is -2.73. The van der Waals surface area contributed by atoms with E-state index in [2.05, 4.69) is 173 Å². The van der Waals surface area contributed by atoms with Gasteiger partial charge in [-0.25, -0.2) is 0 Å². The number of ether oxygens (including phenoxy) is 5. The minimum Gasteiger partial charge on any atom is -0.413 e. The monoisotopic (exact) mass is 1090 g/mol. The summed E-state index contributed by atoms with van der Waals surface area (Å²) < 4.78 is 47.3. The molecule has 4 aromatic rings. The van der Waals surface area contributed by atoms with E-state index >= 15 is 0 Å². The van der Waals surface area contributed by atoms with E-state index in [-0.39, 0.29) is 49.5 Å². The highest BCUT2D eigenvalue weighted by molar-refractivity contribution is 7.59. The van der Waals surface area contributed by atoms with E-state index < -0.39 is 33.6 Å². The van der Waals surface area contributed by atoms with Gasteiger partial charge in [0.25, 0.3) is 0 Å². The SMILES string of the molecule is CC[Si](CC)(CC)OC1C2(C=O)CN(Cc3ccccc3)CC1(Cc1ccccc1)CC1(C2)OCCO1.CC[Si](CC)(CC)OC1C2(Cc3ccccc3)CN(Cc3ccccc3)CC1(C1CO1)CC1(C2)OCCO1.S.[3HH]. The number of likely N-dealkylation sites (tertiary alicyclic amines) is 2. The number of aldehydes is 1. The van der Waals surface area contributed by atoms with Crippen molar-refractivity contribution in [2.75, 3.05) is 59.2 Å². The van der Waals surface area contributed by atoms with Gasteiger partial charge in [0, 0.05) is 82.6 Å². The Balaban J connectivity index is 0.000000199. The average Bonchev–Trinajstić information content (AvgIpc) is 4.12. The van der Waals surface area contributed by atoms with Gasteiger partial charge in [-0.15, -0.1) is 0 Å². The van der Waals surface area contributed by atoms with Gasteiger partial charge in [0.2, 0.25) is 0 Å². The standard InChI is InChI=1S/C32H45NO4Si.C31H43NO4Si.H2S.H2/c1-4-38(5-2,6-3)37-29-30(19-26-13-9-7-10-14-26)22-32(35-17-18-36-32)23-31(29,28-21-34-28)25-33(24-30)20-27-15-11-8-12-16-27;1-4-37(5-2,6-3)36-28-29(19-26-13-9-7-10-14-26)21-31(34-17-18-35-31)22-30(28,25-33)24-32(23-29)20-27-15-11-8-12-16-27;;/h7-16,28-29H,4-6,17-25H2,1-3H3;7-16,25,28H,4-6,17-24H2,1-3H3;1H2;1H/i;;;1+2. The molecule has 0 N–H and O–H groups in total. The van der Waals surface area contributed by atoms with Crippen LogP contribution in [-0.2, 0) is 63.3 Å². The van der Waals surface area contributed by atoms with Gasteiger partial charge in [-0.05, 0) is 71.4 Å². The van der Waals surface area contributed by atoms with Gasteiger partial charge in [-0.3, -0.25) is 9.80 Å². The Morgan fingerprint density at radius 3 is 1.28 bits per heavy atom. The Labute approximate surface area is 466 Å². The van der Waals surface area contributed by atoms with Crippen LogP contribution >= 0.6 is 13.5 Å². The van der Waals surface area contributed by atoms with Crippen LogP contribution in [0.4, 0.5) is 0 Å². The first kappa shape index (κ1) is 57.7. The molecule has 0 radical (unpaired) electrons. The molecule has 416 valence electrons. The number of fused-ring (bicyclic) bond motifs is 4. The Kier molecular flexibility index (Phi) is 18.2. The van der Waals surface area contributed by atoms with E-state index in [1.165, 1.54) is 28.5 Å². The molecule has 4 bridgehead atoms. The predicted octanol–water partition coefficient (Wildman–Crippen LogP) is 12.2. The quantitative estimate of drug-likeness (QED) is 0.0484. The fourth-order valence-electron chi connectivity index (χ4n) is 15.8. The highest BCUT2D eigenvalue weighted by atomic mass is 32.1. The van der Waals surface area contributed by atoms with Gasteiger partial charge in [-0.1, -0.05) is 163 Å². The Morgan fingerprint density at radius 2 is 0.882 bits per heavy atom. The van der Waals surface area contributed by atoms with Crippen molar-refractivity contribution in [1.82, 2.24) is 9.80 Å². The average molecular weight is 1100 g/mol. The molecule has 11 rings (SSSR count). The second-order valence-corrected chi connectivity index (χ2v) is 33.6. The van der Waals surface area contributed by atoms with Gasteiger partial charge in [0.05, 0.1) is 56.8 Å². The van der Waals surface area contributed by atoms with Crippen molar-refractivity contribution in [2.45, 2.75) is 159 Å². The second-order valence-electron chi connectivity index (χ2n) is 24.1. The first-order valence-corrected chi connectivity index (χ1v) is 34.1. The van der Waals surface area contributed by atoms with E-state index in [0.717, 1.165) is 108 Å². The molecule has 5 aliphatic heterocycles. The summed E-state index contributed by atoms with van der Waals surface area (Å²) in [6, 6.07) is 50.0. The fourth-order valence-corrected chi connectivity index (χ4v) is 21.8. The Morgan fingerprint density at radius 1 is 0.513 bits per heavy atom. The number of epoxide rings is 1. The minimum atomic E-state index is -2.00. The molecule has 7 atom stereocenters. The number of benzene rings is 4. The number of hydrogen-bond acceptors (Lipinski definition) is 10. The summed E-state index contributed by atoms with van der Waals surface area (Å²) in [6.45, 7) is 22.5. The third-order valence-electron chi connectivity index (χ3n) is 19.4. The number of hydrogen-bond donors (Lipinski definition) is 0. The number of rotatable bonds is 20. The predicted molar refractivity (Wildman–Crippen MR) is 314 cm³/mol. The fraction of sp³-hybridized carbons (Fsp3) is 0.603. The van der Waals surface area contributed by atoms with E-state index in [9.17, 15) is 4.79 Å². The Bertz CT molecular complexity index is 2450. The third kappa shape index (κ3) is 11.6. The summed E-state index contributed by atoms with van der Waals surface area (Å²) >= 11 is 0. The zero-order valence-electron chi connectivity index (χ0n) is 46.8. The summed E-state index contributed by atoms with van der Waals surface area (Å²) in [6.07, 6.45) is 6.28. The second kappa shape index (κ2) is 24.0. The van der Waals surface area contributed by atoms with Crippen molar-refractivity contribution in [3.05, 3.63) is 144 Å². The molecule has 2 spiro atoms. The van der Waals surface area contributed by atoms with Crippen LogP contribution in [0.15, 0.2) is 121 Å². The molecule has 2 aliphatic carbocycles. The Hall–Kier alpha value is -3.03. The molecule has 13 heteroatoms. The highest BCUT2D eigenvalue weighted by Crippen LogP contribution is 2.64. The number of carbonyl (C=O) groups excluding carboxylic acids is 1. The van der Waals surface area contributed by atoms with Crippen LogP contribution in [0.1, 0.15) is 90.9 Å². The molecule has 7 aliphatic rings. The summed E-state index contributed by atoms with van der Waals surface area (Å²) in [5, 5.41) is 0. The molecule has 7 unspecified atom stereocenters. The first-order valence-electron chi connectivity index (χ1n) is 29.0. The van der Waals surface area contributed by atoms with Gasteiger partial charge < -0.3 is 37.3 Å². The van der Waals surface area contributed by atoms with Crippen LogP contribution in [0.5, 0.6) is 0 Å². The minimum absolute atomic E-state index is 0. The topological polar surface area (TPSA) is 91.5 Å². The number of piperidine rings is 2. The highest BCUT2D eigenvalue weighted by Gasteiger charge is 2.72. The summed E-state index contributed by atoms with van der Waals surface area (Å²) in [7, 11) is -3.91. The van der Waals surface area contributed by atoms with Gasteiger partial charge in [0.15, 0.2) is 28.2 Å². The van der Waals surface area contributed by atoms with E-state index in [4.69, 9.17) is 32.5 Å². The lowest BCUT2D eigenvalue weighted by molar-refractivity contribution is -0.287. The molecule has 5 saturated heterocycles. The van der Waals surface area contributed by atoms with Gasteiger partial charge in [0.1, 0.15) is 6.29 Å². The van der Waals surface area contributed by atoms with Crippen molar-refractivity contribution in [3.63, 3.8) is 0 Å².